The maximum atomic E-state index is 11.4. The van der Waals surface area contributed by atoms with E-state index in [4.69, 9.17) is 5.11 Å². The van der Waals surface area contributed by atoms with Gasteiger partial charge in [0.05, 0.1) is 13.5 Å². The quantitative estimate of drug-likeness (QED) is 0.586. The van der Waals surface area contributed by atoms with E-state index < -0.39 is 18.0 Å². The Balaban J connectivity index is 2.28. The molecule has 0 atom stereocenters. The number of nitrogens with one attached hydrogen (secondary N) is 2. The highest BCUT2D eigenvalue weighted by molar-refractivity contribution is 5.80. The minimum Gasteiger partial charge on any atom is -0.481 e. The van der Waals surface area contributed by atoms with Crippen molar-refractivity contribution in [1.82, 2.24) is 10.6 Å². The summed E-state index contributed by atoms with van der Waals surface area (Å²) < 4.78 is 4.37. The van der Waals surface area contributed by atoms with Crippen LogP contribution in [0.2, 0.25) is 0 Å². The lowest BCUT2D eigenvalue weighted by Crippen LogP contribution is -2.47. The molecule has 0 spiro atoms. The van der Waals surface area contributed by atoms with E-state index >= 15 is 0 Å². The van der Waals surface area contributed by atoms with E-state index in [0.29, 0.717) is 6.54 Å². The third-order valence-electron chi connectivity index (χ3n) is 3.19. The molecule has 0 saturated heterocycles. The molecular weight excluding hydrogens is 240 g/mol. The molecule has 1 aliphatic carbocycles. The van der Waals surface area contributed by atoms with Gasteiger partial charge in [0.1, 0.15) is 6.54 Å². The fraction of sp³-hybridized carbons (Fsp3) is 0.727. The van der Waals surface area contributed by atoms with E-state index in [-0.39, 0.29) is 18.4 Å². The molecule has 3 N–H and O–H groups in total. The van der Waals surface area contributed by atoms with Crippen LogP contribution in [0.1, 0.15) is 25.7 Å². The van der Waals surface area contributed by atoms with Gasteiger partial charge in [-0.15, -0.1) is 0 Å². The van der Waals surface area contributed by atoms with Gasteiger partial charge in [-0.3, -0.25) is 9.59 Å². The number of esters is 1. The zero-order valence-electron chi connectivity index (χ0n) is 10.3. The summed E-state index contributed by atoms with van der Waals surface area (Å²) in [5.74, 6) is -1.39. The zero-order chi connectivity index (χ0) is 13.6. The molecule has 0 aromatic carbocycles. The van der Waals surface area contributed by atoms with E-state index in [1.54, 1.807) is 0 Å². The molecule has 0 aromatic rings. The van der Waals surface area contributed by atoms with Crippen LogP contribution in [0.4, 0.5) is 4.79 Å². The molecule has 2 amide bonds. The van der Waals surface area contributed by atoms with Gasteiger partial charge in [-0.05, 0) is 18.3 Å². The highest BCUT2D eigenvalue weighted by Gasteiger charge is 2.39. The van der Waals surface area contributed by atoms with Crippen molar-refractivity contribution in [3.05, 3.63) is 0 Å². The van der Waals surface area contributed by atoms with Gasteiger partial charge >= 0.3 is 18.0 Å². The average molecular weight is 258 g/mol. The number of methoxy groups -OCH3 is 1. The highest BCUT2D eigenvalue weighted by Crippen LogP contribution is 2.43. The molecule has 0 aromatic heterocycles. The maximum absolute atomic E-state index is 11.4. The molecule has 1 rings (SSSR count). The highest BCUT2D eigenvalue weighted by atomic mass is 16.5. The fourth-order valence-electron chi connectivity index (χ4n) is 1.97. The van der Waals surface area contributed by atoms with Crippen LogP contribution < -0.4 is 10.6 Å². The minimum absolute atomic E-state index is 0.0598. The van der Waals surface area contributed by atoms with Gasteiger partial charge in [-0.2, -0.15) is 0 Å². The van der Waals surface area contributed by atoms with E-state index in [2.05, 4.69) is 15.4 Å². The molecule has 1 saturated carbocycles. The number of aliphatic carboxylic acids is 1. The number of carboxylic acid groups (broad SMARTS) is 1. The number of rotatable bonds is 6. The lowest BCUT2D eigenvalue weighted by Gasteiger charge is -2.40. The van der Waals surface area contributed by atoms with Crippen LogP contribution in [0.15, 0.2) is 0 Å². The molecule has 0 unspecified atom stereocenters. The largest absolute Gasteiger partial charge is 0.481 e. The molecule has 0 heterocycles. The van der Waals surface area contributed by atoms with Crippen molar-refractivity contribution in [3.8, 4) is 0 Å². The van der Waals surface area contributed by atoms with Crippen LogP contribution in [-0.4, -0.2) is 43.3 Å². The maximum Gasteiger partial charge on any atom is 0.325 e. The molecule has 0 radical (unpaired) electrons. The van der Waals surface area contributed by atoms with Crippen LogP contribution in [0.3, 0.4) is 0 Å². The van der Waals surface area contributed by atoms with Crippen LogP contribution in [0.5, 0.6) is 0 Å². The number of urea groups is 1. The monoisotopic (exact) mass is 258 g/mol. The van der Waals surface area contributed by atoms with Crippen LogP contribution >= 0.6 is 0 Å². The van der Waals surface area contributed by atoms with Crippen LogP contribution in [0, 0.1) is 5.41 Å². The van der Waals surface area contributed by atoms with Gasteiger partial charge in [0.2, 0.25) is 0 Å². The number of amides is 2. The Morgan fingerprint density at radius 1 is 1.28 bits per heavy atom. The van der Waals surface area contributed by atoms with Crippen LogP contribution in [0.25, 0.3) is 0 Å². The zero-order valence-corrected chi connectivity index (χ0v) is 10.3. The number of ether oxygens (including phenoxy) is 1. The Labute approximate surface area is 105 Å². The first-order valence-corrected chi connectivity index (χ1v) is 5.78. The van der Waals surface area contributed by atoms with E-state index in [9.17, 15) is 14.4 Å². The summed E-state index contributed by atoms with van der Waals surface area (Å²) in [4.78, 5) is 32.9. The molecule has 7 nitrogen and oxygen atoms in total. The lowest BCUT2D eigenvalue weighted by atomic mass is 9.66. The van der Waals surface area contributed by atoms with Gasteiger partial charge in [-0.1, -0.05) is 6.42 Å². The van der Waals surface area contributed by atoms with Gasteiger partial charge in [0, 0.05) is 6.54 Å². The second-order valence-electron chi connectivity index (χ2n) is 4.54. The normalized spacial score (nSPS) is 16.3. The van der Waals surface area contributed by atoms with Crippen LogP contribution in [-0.2, 0) is 14.3 Å². The fourth-order valence-corrected chi connectivity index (χ4v) is 1.97. The minimum atomic E-state index is -0.855. The van der Waals surface area contributed by atoms with Crippen molar-refractivity contribution < 1.29 is 24.2 Å². The van der Waals surface area contributed by atoms with Crippen molar-refractivity contribution in [3.63, 3.8) is 0 Å². The molecule has 0 aliphatic heterocycles. The Morgan fingerprint density at radius 2 is 1.94 bits per heavy atom. The molecule has 1 aliphatic rings. The summed E-state index contributed by atoms with van der Waals surface area (Å²) in [7, 11) is 1.23. The Bertz CT molecular complexity index is 338. The number of hydrogen-bond acceptors (Lipinski definition) is 4. The summed E-state index contributed by atoms with van der Waals surface area (Å²) in [5.41, 5.74) is -0.325. The number of hydrogen-bond donors (Lipinski definition) is 3. The number of carbonyl (C=O) groups excluding carboxylic acids is 2. The first kappa shape index (κ1) is 14.3. The summed E-state index contributed by atoms with van der Waals surface area (Å²) >= 11 is 0. The topological polar surface area (TPSA) is 105 Å². The van der Waals surface area contributed by atoms with Crippen molar-refractivity contribution in [2.75, 3.05) is 20.2 Å². The van der Waals surface area contributed by atoms with E-state index in [0.717, 1.165) is 19.3 Å². The lowest BCUT2D eigenvalue weighted by molar-refractivity contribution is -0.141. The van der Waals surface area contributed by atoms with E-state index in [1.807, 2.05) is 0 Å². The summed E-state index contributed by atoms with van der Waals surface area (Å²) in [6.45, 7) is 0.112. The van der Waals surface area contributed by atoms with E-state index in [1.165, 1.54) is 7.11 Å². The second kappa shape index (κ2) is 6.23. The molecule has 102 valence electrons. The third-order valence-corrected chi connectivity index (χ3v) is 3.19. The van der Waals surface area contributed by atoms with Gasteiger partial charge in [0.25, 0.3) is 0 Å². The Hall–Kier alpha value is -1.79. The SMILES string of the molecule is COC(=O)CNC(=O)NCC1(CC(=O)O)CCC1. The molecule has 1 fully saturated rings. The Morgan fingerprint density at radius 3 is 2.39 bits per heavy atom. The molecule has 0 bridgehead atoms. The average Bonchev–Trinajstić information content (AvgIpc) is 2.28. The van der Waals surface area contributed by atoms with Gasteiger partial charge in [0.15, 0.2) is 0 Å². The first-order chi connectivity index (χ1) is 8.47. The standard InChI is InChI=1S/C11H18N2O5/c1-18-9(16)6-12-10(17)13-7-11(3-2-4-11)5-8(14)15/h2-7H2,1H3,(H,14,15)(H2,12,13,17). The summed E-state index contributed by atoms with van der Waals surface area (Å²) in [5, 5.41) is 13.7. The predicted molar refractivity (Wildman–Crippen MR) is 62.0 cm³/mol. The van der Waals surface area contributed by atoms with Gasteiger partial charge < -0.3 is 20.5 Å². The van der Waals surface area contributed by atoms with Crippen molar-refractivity contribution >= 4 is 18.0 Å². The predicted octanol–water partition coefficient (Wildman–Crippen LogP) is 0.104. The van der Waals surface area contributed by atoms with Gasteiger partial charge in [-0.25, -0.2) is 4.79 Å². The summed E-state index contributed by atoms with van der Waals surface area (Å²) in [6, 6.07) is -0.489. The molecule has 18 heavy (non-hydrogen) atoms. The Kier molecular flexibility index (Phi) is 4.94. The van der Waals surface area contributed by atoms with Crippen molar-refractivity contribution in [1.29, 1.82) is 0 Å². The molecular formula is C11H18N2O5. The number of carboxylic acids is 1. The smallest absolute Gasteiger partial charge is 0.325 e. The van der Waals surface area contributed by atoms with Crippen molar-refractivity contribution in [2.24, 2.45) is 5.41 Å². The number of carbonyl (C=O) groups is 3. The summed E-state index contributed by atoms with van der Waals surface area (Å²) in [6.07, 6.45) is 2.65. The first-order valence-electron chi connectivity index (χ1n) is 5.78. The van der Waals surface area contributed by atoms with Crippen molar-refractivity contribution in [2.45, 2.75) is 25.7 Å². The molecule has 7 heteroatoms. The third kappa shape index (κ3) is 4.23. The second-order valence-corrected chi connectivity index (χ2v) is 4.54.